The van der Waals surface area contributed by atoms with Crippen molar-refractivity contribution in [2.24, 2.45) is 5.41 Å². The smallest absolute Gasteiger partial charge is 0.335 e. The molecule has 17 heavy (non-hydrogen) atoms. The van der Waals surface area contributed by atoms with Gasteiger partial charge in [0.2, 0.25) is 0 Å². The molecule has 1 atom stereocenters. The van der Waals surface area contributed by atoms with Crippen LogP contribution in [-0.2, 0) is 50.3 Å². The first-order valence-electron chi connectivity index (χ1n) is 4.89. The SMILES string of the molecule is [CH2-]C1(C([NH-])=O)Cc2ccc(C(=O)O)cc2C1.[Y]. The van der Waals surface area contributed by atoms with Gasteiger partial charge in [-0.05, 0) is 36.1 Å². The Kier molecular flexibility index (Phi) is 4.10. The molecule has 0 aliphatic heterocycles. The van der Waals surface area contributed by atoms with Crippen LogP contribution in [0.1, 0.15) is 21.5 Å². The molecule has 4 nitrogen and oxygen atoms in total. The van der Waals surface area contributed by atoms with Crippen molar-refractivity contribution in [3.63, 3.8) is 0 Å². The minimum absolute atomic E-state index is 0. The van der Waals surface area contributed by atoms with Crippen molar-refractivity contribution in [2.75, 3.05) is 0 Å². The van der Waals surface area contributed by atoms with Gasteiger partial charge in [-0.15, -0.1) is 5.41 Å². The predicted molar refractivity (Wildman–Crippen MR) is 57.9 cm³/mol. The van der Waals surface area contributed by atoms with E-state index in [1.807, 2.05) is 0 Å². The number of aromatic carboxylic acids is 1. The van der Waals surface area contributed by atoms with Gasteiger partial charge >= 0.3 is 5.97 Å². The molecule has 5 heteroatoms. The first-order chi connectivity index (χ1) is 7.42. The number of carbonyl (C=O) groups excluding carboxylic acids is 1. The molecule has 1 amide bonds. The Hall–Kier alpha value is -0.736. The molecule has 1 aromatic carbocycles. The molecule has 0 heterocycles. The van der Waals surface area contributed by atoms with Crippen LogP contribution in [0.15, 0.2) is 18.2 Å². The number of rotatable bonds is 2. The van der Waals surface area contributed by atoms with E-state index in [4.69, 9.17) is 10.8 Å². The van der Waals surface area contributed by atoms with Crippen molar-refractivity contribution in [1.29, 1.82) is 0 Å². The molecule has 1 aliphatic rings. The molecule has 0 bridgehead atoms. The first kappa shape index (κ1) is 14.3. The topological polar surface area (TPSA) is 78.2 Å². The van der Waals surface area contributed by atoms with Gasteiger partial charge in [0.15, 0.2) is 0 Å². The first-order valence-corrected chi connectivity index (χ1v) is 4.89. The average Bonchev–Trinajstić information content (AvgIpc) is 2.54. The second kappa shape index (κ2) is 4.87. The number of fused-ring (bicyclic) bond motifs is 1. The molecule has 1 unspecified atom stereocenters. The second-order valence-corrected chi connectivity index (χ2v) is 4.25. The minimum atomic E-state index is -0.985. The summed E-state index contributed by atoms with van der Waals surface area (Å²) in [5.41, 5.74) is 8.18. The Morgan fingerprint density at radius 1 is 1.29 bits per heavy atom. The summed E-state index contributed by atoms with van der Waals surface area (Å²) in [6.45, 7) is 3.77. The van der Waals surface area contributed by atoms with E-state index < -0.39 is 17.3 Å². The van der Waals surface area contributed by atoms with E-state index in [1.54, 1.807) is 12.1 Å². The van der Waals surface area contributed by atoms with Crippen LogP contribution < -0.4 is 0 Å². The molecule has 0 saturated carbocycles. The number of hydrogen-bond acceptors (Lipinski definition) is 2. The number of amides is 1. The Morgan fingerprint density at radius 3 is 2.41 bits per heavy atom. The summed E-state index contributed by atoms with van der Waals surface area (Å²) in [5.74, 6) is -1.68. The third-order valence-electron chi connectivity index (χ3n) is 2.99. The normalized spacial score (nSPS) is 21.5. The Balaban J connectivity index is 0.00000144. The van der Waals surface area contributed by atoms with Crippen LogP contribution >= 0.6 is 0 Å². The maximum Gasteiger partial charge on any atom is 0.335 e. The van der Waals surface area contributed by atoms with Crippen LogP contribution in [0.3, 0.4) is 0 Å². The van der Waals surface area contributed by atoms with Crippen LogP contribution in [0.25, 0.3) is 5.73 Å². The van der Waals surface area contributed by atoms with Crippen molar-refractivity contribution in [3.05, 3.63) is 47.5 Å². The van der Waals surface area contributed by atoms with E-state index in [0.29, 0.717) is 12.8 Å². The van der Waals surface area contributed by atoms with E-state index in [0.717, 1.165) is 11.1 Å². The molecule has 2 rings (SSSR count). The summed E-state index contributed by atoms with van der Waals surface area (Å²) >= 11 is 0. The number of hydrogen-bond donors (Lipinski definition) is 1. The molecular formula is C12H11NO3Y-2. The molecule has 0 spiro atoms. The summed E-state index contributed by atoms with van der Waals surface area (Å²) in [4.78, 5) is 21.9. The van der Waals surface area contributed by atoms with Gasteiger partial charge in [-0.25, -0.2) is 4.79 Å². The fraction of sp³-hybridized carbons (Fsp3) is 0.250. The van der Waals surface area contributed by atoms with Gasteiger partial charge in [-0.2, -0.15) is 0 Å². The number of carboxylic acid groups (broad SMARTS) is 1. The summed E-state index contributed by atoms with van der Waals surface area (Å²) in [5, 5.41) is 8.84. The van der Waals surface area contributed by atoms with Gasteiger partial charge in [0.05, 0.1) is 5.56 Å². The molecule has 0 aromatic heterocycles. The van der Waals surface area contributed by atoms with Gasteiger partial charge < -0.3 is 22.6 Å². The monoisotopic (exact) mass is 306 g/mol. The fourth-order valence-corrected chi connectivity index (χ4v) is 2.05. The van der Waals surface area contributed by atoms with Gasteiger partial charge in [-0.3, -0.25) is 0 Å². The van der Waals surface area contributed by atoms with E-state index in [-0.39, 0.29) is 38.3 Å². The van der Waals surface area contributed by atoms with Crippen LogP contribution in [0, 0.1) is 12.3 Å². The van der Waals surface area contributed by atoms with Crippen molar-refractivity contribution in [1.82, 2.24) is 0 Å². The molecule has 1 aliphatic carbocycles. The van der Waals surface area contributed by atoms with Crippen molar-refractivity contribution < 1.29 is 47.4 Å². The molecule has 0 fully saturated rings. The van der Waals surface area contributed by atoms with Gasteiger partial charge in [0, 0.05) is 38.6 Å². The molecule has 1 aromatic rings. The summed E-state index contributed by atoms with van der Waals surface area (Å²) in [6, 6.07) is 4.78. The van der Waals surface area contributed by atoms with E-state index in [9.17, 15) is 9.59 Å². The second-order valence-electron chi connectivity index (χ2n) is 4.25. The maximum atomic E-state index is 11.1. The number of nitrogens with one attached hydrogen (secondary N) is 1. The third-order valence-corrected chi connectivity index (χ3v) is 2.99. The summed E-state index contributed by atoms with van der Waals surface area (Å²) in [6.07, 6.45) is 0.774. The van der Waals surface area contributed by atoms with Crippen molar-refractivity contribution in [2.45, 2.75) is 12.8 Å². The zero-order valence-corrected chi connectivity index (χ0v) is 12.0. The quantitative estimate of drug-likeness (QED) is 0.847. The summed E-state index contributed by atoms with van der Waals surface area (Å²) in [7, 11) is 0. The van der Waals surface area contributed by atoms with E-state index in [1.165, 1.54) is 6.07 Å². The van der Waals surface area contributed by atoms with Crippen LogP contribution in [0.2, 0.25) is 0 Å². The molecule has 0 saturated heterocycles. The molecule has 2 N–H and O–H groups in total. The molecule has 1 radical (unpaired) electrons. The number of carboxylic acids is 1. The largest absolute Gasteiger partial charge is 0.670 e. The van der Waals surface area contributed by atoms with Gasteiger partial charge in [-0.1, -0.05) is 6.07 Å². The van der Waals surface area contributed by atoms with Crippen molar-refractivity contribution in [3.8, 4) is 0 Å². The maximum absolute atomic E-state index is 11.1. The average molecular weight is 306 g/mol. The van der Waals surface area contributed by atoms with Crippen LogP contribution in [-0.4, -0.2) is 17.0 Å². The fourth-order valence-electron chi connectivity index (χ4n) is 2.05. The van der Waals surface area contributed by atoms with E-state index >= 15 is 0 Å². The van der Waals surface area contributed by atoms with Crippen molar-refractivity contribution >= 4 is 11.9 Å². The van der Waals surface area contributed by atoms with Crippen LogP contribution in [0.4, 0.5) is 0 Å². The zero-order chi connectivity index (χ0) is 11.9. The number of carbonyl (C=O) groups is 2. The Morgan fingerprint density at radius 2 is 1.88 bits per heavy atom. The van der Waals surface area contributed by atoms with Crippen LogP contribution in [0.5, 0.6) is 0 Å². The zero-order valence-electron chi connectivity index (χ0n) is 9.19. The Bertz CT molecular complexity index is 487. The minimum Gasteiger partial charge on any atom is -0.670 e. The van der Waals surface area contributed by atoms with Gasteiger partial charge in [0.25, 0.3) is 0 Å². The predicted octanol–water partition coefficient (Wildman–Crippen LogP) is 1.88. The molecule has 87 valence electrons. The standard InChI is InChI=1S/C12H12NO3.Y/c1-12(11(13)16)5-8-3-2-7(10(14)15)4-9(8)6-12;/h2-4H,1,5-6H2,(H3,13,14,15,16);/q-1;/p-1. The summed E-state index contributed by atoms with van der Waals surface area (Å²) < 4.78 is 0. The number of benzene rings is 1. The Labute approximate surface area is 124 Å². The van der Waals surface area contributed by atoms with E-state index in [2.05, 4.69) is 6.92 Å². The molecular weight excluding hydrogens is 295 g/mol. The third kappa shape index (κ3) is 2.58. The van der Waals surface area contributed by atoms with Gasteiger partial charge in [0.1, 0.15) is 0 Å².